The summed E-state index contributed by atoms with van der Waals surface area (Å²) in [5, 5.41) is 36.7. The van der Waals surface area contributed by atoms with Gasteiger partial charge in [-0.25, -0.2) is 0 Å². The molecule has 4 rings (SSSR count). The smallest absolute Gasteiger partial charge is 0.316 e. The van der Waals surface area contributed by atoms with Crippen LogP contribution in [-0.2, 0) is 38.3 Å². The molecule has 0 aliphatic heterocycles. The number of allylic oxidation sites excluding steroid dienone is 2. The van der Waals surface area contributed by atoms with E-state index in [0.29, 0.717) is 72.2 Å². The van der Waals surface area contributed by atoms with Crippen molar-refractivity contribution in [2.75, 3.05) is 74.3 Å². The van der Waals surface area contributed by atoms with Crippen LogP contribution in [0, 0.1) is 22.7 Å². The van der Waals surface area contributed by atoms with Crippen LogP contribution in [0.15, 0.2) is 68.6 Å². The summed E-state index contributed by atoms with van der Waals surface area (Å²) >= 11 is 2.98. The first kappa shape index (κ1) is 67.7. The molecule has 0 radical (unpaired) electrons. The maximum absolute atomic E-state index is 12.5. The largest absolute Gasteiger partial charge is 0.511 e. The van der Waals surface area contributed by atoms with Crippen LogP contribution in [0.5, 0.6) is 0 Å². The van der Waals surface area contributed by atoms with Crippen LogP contribution in [0.3, 0.4) is 0 Å². The number of methoxy groups -OCH3 is 2. The number of oxime groups is 2. The summed E-state index contributed by atoms with van der Waals surface area (Å²) in [4.78, 5) is 86.6. The second-order valence-corrected chi connectivity index (χ2v) is 20.6. The van der Waals surface area contributed by atoms with Crippen LogP contribution in [-0.4, -0.2) is 140 Å². The number of nitrogens with two attached hydrogens (primary N) is 1. The number of hydrogen-bond donors (Lipinski definition) is 5. The number of carbonyl (C=O) groups is 4. The summed E-state index contributed by atoms with van der Waals surface area (Å²) in [6.07, 6.45) is 9.52. The number of carbonyl (C=O) groups excluding carboxylic acids is 4. The average Bonchev–Trinajstić information content (AvgIpc) is 3.33. The fourth-order valence-electron chi connectivity index (χ4n) is 7.81. The zero-order valence-electron chi connectivity index (χ0n) is 47.5. The van der Waals surface area contributed by atoms with Crippen LogP contribution in [0.25, 0.3) is 0 Å². The van der Waals surface area contributed by atoms with E-state index in [9.17, 15) is 29.4 Å². The van der Waals surface area contributed by atoms with Crippen molar-refractivity contribution in [1.82, 2.24) is 29.9 Å². The number of nitrogens with one attached hydrogen (secondary N) is 2. The Balaban J connectivity index is 0.000000517. The Morgan fingerprint density at radius 2 is 1.18 bits per heavy atom. The number of ketones is 2. The van der Waals surface area contributed by atoms with E-state index >= 15 is 0 Å². The second kappa shape index (κ2) is 33.7. The lowest BCUT2D eigenvalue weighted by Gasteiger charge is -2.36. The van der Waals surface area contributed by atoms with Gasteiger partial charge in [0, 0.05) is 38.0 Å². The van der Waals surface area contributed by atoms with E-state index in [1.807, 2.05) is 33.3 Å². The van der Waals surface area contributed by atoms with Gasteiger partial charge < -0.3 is 50.6 Å². The van der Waals surface area contributed by atoms with Gasteiger partial charge in [0.15, 0.2) is 21.9 Å². The Hall–Kier alpha value is -6.30. The predicted molar refractivity (Wildman–Crippen MR) is 303 cm³/mol. The molecule has 2 atom stereocenters. The first-order valence-corrected chi connectivity index (χ1v) is 27.6. The molecule has 424 valence electrons. The summed E-state index contributed by atoms with van der Waals surface area (Å²) in [6, 6.07) is 0.670. The standard InChI is InChI=1S/2C17H25NO5.2C9H17N5S/c2*1-6-8-11(18-23-9-7-2)13-12(19)10-17(3,4)14(15(13)20)16(21)22-5;1-5-14(6(2)3)8-11-7(10)12-9(13-8)15-4;1-5-10-7-12-8(11-6(2)3)14-9(13-7)15-4/h2*7,14,20H,2,6,8-10H2,1,3-5H3;6H,5H2,1-4H3,(H2,10,11,12,13);6H,5H2,1-4H3,(H2,10,11,12,13,14)/b18-11+;;;. The molecule has 2 aliphatic rings. The fourth-order valence-corrected chi connectivity index (χ4v) is 8.52. The van der Waals surface area contributed by atoms with E-state index in [2.05, 4.69) is 104 Å². The maximum atomic E-state index is 12.5. The number of thioether (sulfide) groups is 2. The number of ether oxygens (including phenoxy) is 2. The average molecular weight is 1100 g/mol. The van der Waals surface area contributed by atoms with Crippen molar-refractivity contribution in [3.05, 3.63) is 48.0 Å². The van der Waals surface area contributed by atoms with E-state index < -0.39 is 34.6 Å². The molecule has 0 fully saturated rings. The van der Waals surface area contributed by atoms with Gasteiger partial charge in [0.1, 0.15) is 36.6 Å². The number of aliphatic hydroxyl groups is 2. The lowest BCUT2D eigenvalue weighted by Crippen LogP contribution is -2.41. The van der Waals surface area contributed by atoms with E-state index in [1.165, 1.54) is 49.9 Å². The molecule has 2 aliphatic carbocycles. The van der Waals surface area contributed by atoms with Crippen molar-refractivity contribution in [3.8, 4) is 0 Å². The molecule has 24 heteroatoms. The molecule has 0 aromatic carbocycles. The van der Waals surface area contributed by atoms with Gasteiger partial charge in [-0.1, -0.05) is 114 Å². The molecule has 22 nitrogen and oxygen atoms in total. The van der Waals surface area contributed by atoms with Crippen LogP contribution < -0.4 is 21.3 Å². The monoisotopic (exact) mass is 1100 g/mol. The van der Waals surface area contributed by atoms with Gasteiger partial charge >= 0.3 is 11.9 Å². The van der Waals surface area contributed by atoms with Crippen molar-refractivity contribution in [3.63, 3.8) is 0 Å². The van der Waals surface area contributed by atoms with Crippen molar-refractivity contribution < 1.29 is 48.5 Å². The molecule has 6 N–H and O–H groups in total. The maximum Gasteiger partial charge on any atom is 0.316 e. The molecule has 2 aromatic rings. The number of Topliss-reactive ketones (excluding diaryl/α,β-unsaturated/α-hetero) is 2. The number of hydrogen-bond acceptors (Lipinski definition) is 24. The Bertz CT molecular complexity index is 2290. The third kappa shape index (κ3) is 20.7. The molecule has 76 heavy (non-hydrogen) atoms. The fraction of sp³-hybridized carbons (Fsp3) is 0.615. The van der Waals surface area contributed by atoms with E-state index in [-0.39, 0.29) is 66.2 Å². The van der Waals surface area contributed by atoms with Crippen molar-refractivity contribution in [2.24, 2.45) is 33.0 Å². The highest BCUT2D eigenvalue weighted by atomic mass is 32.2. The van der Waals surface area contributed by atoms with Gasteiger partial charge in [0.25, 0.3) is 0 Å². The molecule has 2 aromatic heterocycles. The molecule has 0 bridgehead atoms. The predicted octanol–water partition coefficient (Wildman–Crippen LogP) is 9.15. The Morgan fingerprint density at radius 3 is 1.54 bits per heavy atom. The number of aromatic nitrogens is 6. The minimum atomic E-state index is -0.901. The summed E-state index contributed by atoms with van der Waals surface area (Å²) in [5.41, 5.74) is 5.02. The van der Waals surface area contributed by atoms with Crippen LogP contribution in [0.1, 0.15) is 122 Å². The highest BCUT2D eigenvalue weighted by molar-refractivity contribution is 7.98. The van der Waals surface area contributed by atoms with E-state index in [0.717, 1.165) is 18.2 Å². The van der Waals surface area contributed by atoms with Crippen molar-refractivity contribution in [2.45, 2.75) is 144 Å². The summed E-state index contributed by atoms with van der Waals surface area (Å²) in [7, 11) is 2.52. The number of anilines is 4. The Labute approximate surface area is 458 Å². The highest BCUT2D eigenvalue weighted by Crippen LogP contribution is 2.44. The summed E-state index contributed by atoms with van der Waals surface area (Å²) < 4.78 is 9.58. The quantitative estimate of drug-likeness (QED) is 0.0173. The minimum Gasteiger partial charge on any atom is -0.511 e. The van der Waals surface area contributed by atoms with E-state index in [1.54, 1.807) is 27.7 Å². The number of aliphatic hydroxyl groups excluding tert-OH is 2. The van der Waals surface area contributed by atoms with E-state index in [4.69, 9.17) is 24.9 Å². The molecule has 0 saturated carbocycles. The van der Waals surface area contributed by atoms with Crippen LogP contribution in [0.2, 0.25) is 0 Å². The number of esters is 2. The summed E-state index contributed by atoms with van der Waals surface area (Å²) in [5.74, 6) is -1.82. The van der Waals surface area contributed by atoms with Gasteiger partial charge in [0.2, 0.25) is 23.8 Å². The van der Waals surface area contributed by atoms with Gasteiger partial charge in [-0.15, -0.1) is 0 Å². The highest BCUT2D eigenvalue weighted by Gasteiger charge is 2.49. The normalized spacial score (nSPS) is 17.0. The van der Waals surface area contributed by atoms with Gasteiger partial charge in [-0.2, -0.15) is 29.9 Å². The lowest BCUT2D eigenvalue weighted by molar-refractivity contribution is -0.151. The summed E-state index contributed by atoms with van der Waals surface area (Å²) in [6.45, 7) is 32.4. The SMILES string of the molecule is C=CCO/N=C(\CCC)C1=C(O)C(C(=O)OC)C(C)(C)CC1=O.C=CCON=C(CCC)C1=C(O)C(C(=O)OC)C(C)(C)CC1=O.CCN(c1nc(N)nc(SC)n1)C(C)C.CCNc1nc(NC(C)C)nc(SC)n1. The minimum absolute atomic E-state index is 0.0747. The third-order valence-corrected chi connectivity index (χ3v) is 12.2. The number of rotatable bonds is 23. The van der Waals surface area contributed by atoms with Crippen LogP contribution in [0.4, 0.5) is 23.8 Å². The zero-order valence-corrected chi connectivity index (χ0v) is 49.2. The van der Waals surface area contributed by atoms with Gasteiger partial charge in [0.05, 0.1) is 36.8 Å². The molecule has 2 unspecified atom stereocenters. The molecule has 2 heterocycles. The zero-order chi connectivity index (χ0) is 57.9. The first-order chi connectivity index (χ1) is 35.8. The third-order valence-electron chi connectivity index (χ3n) is 11.1. The Kier molecular flexibility index (Phi) is 30.0. The van der Waals surface area contributed by atoms with Crippen molar-refractivity contribution >= 4 is 82.2 Å². The second-order valence-electron chi connectivity index (χ2n) is 19.0. The van der Waals surface area contributed by atoms with Gasteiger partial charge in [-0.3, -0.25) is 19.2 Å². The topological polar surface area (TPSA) is 301 Å². The molecular formula is C52H84N12O10S2. The van der Waals surface area contributed by atoms with Gasteiger partial charge in [-0.05, 0) is 77.7 Å². The lowest BCUT2D eigenvalue weighted by atomic mass is 9.67. The molecule has 0 saturated heterocycles. The molecule has 0 spiro atoms. The molecule has 0 amide bonds. The Morgan fingerprint density at radius 1 is 0.750 bits per heavy atom. The number of nitrogens with zero attached hydrogens (tertiary/aromatic N) is 9. The first-order valence-electron chi connectivity index (χ1n) is 25.1. The van der Waals surface area contributed by atoms with Crippen LogP contribution >= 0.6 is 23.5 Å². The number of nitrogen functional groups attached to an aromatic ring is 1. The molecular weight excluding hydrogens is 1020 g/mol. The van der Waals surface area contributed by atoms with Crippen molar-refractivity contribution in [1.29, 1.82) is 0 Å².